The molecule has 0 bridgehead atoms. The number of nitrogens with zero attached hydrogens (tertiary/aromatic N) is 5. The first-order chi connectivity index (χ1) is 17.4. The van der Waals surface area contributed by atoms with Crippen molar-refractivity contribution in [3.63, 3.8) is 0 Å². The molecule has 36 heavy (non-hydrogen) atoms. The lowest BCUT2D eigenvalue weighted by Crippen LogP contribution is -2.39. The first-order valence-electron chi connectivity index (χ1n) is 11.5. The number of hydrogen-bond acceptors (Lipinski definition) is 8. The molecule has 0 saturated carbocycles. The molecule has 3 aromatic rings. The third-order valence-corrected chi connectivity index (χ3v) is 8.14. The van der Waals surface area contributed by atoms with Crippen molar-refractivity contribution in [2.75, 3.05) is 37.7 Å². The summed E-state index contributed by atoms with van der Waals surface area (Å²) in [6.45, 7) is 4.17. The van der Waals surface area contributed by atoms with E-state index in [9.17, 15) is 18.1 Å². The SMILES string of the molecule is Cc1cc(Oc2nc(N3CCOCC3)nc3c2CN(S(=O)(=O)c2ccccc2C#N)CC3)ccc1F. The zero-order valence-electron chi connectivity index (χ0n) is 19.6. The number of benzene rings is 2. The van der Waals surface area contributed by atoms with Gasteiger partial charge in [0.05, 0.1) is 34.9 Å². The highest BCUT2D eigenvalue weighted by Crippen LogP contribution is 2.34. The Labute approximate surface area is 208 Å². The smallest absolute Gasteiger partial charge is 0.244 e. The Morgan fingerprint density at radius 2 is 1.89 bits per heavy atom. The summed E-state index contributed by atoms with van der Waals surface area (Å²) < 4.78 is 53.6. The third-order valence-electron chi connectivity index (χ3n) is 6.24. The molecular weight excluding hydrogens is 485 g/mol. The number of ether oxygens (including phenoxy) is 2. The molecule has 186 valence electrons. The minimum absolute atomic E-state index is 0.0175. The summed E-state index contributed by atoms with van der Waals surface area (Å²) in [5.74, 6) is 0.741. The first kappa shape index (κ1) is 24.1. The van der Waals surface area contributed by atoms with Gasteiger partial charge in [0, 0.05) is 32.6 Å². The molecule has 0 atom stereocenters. The summed E-state index contributed by atoms with van der Waals surface area (Å²) in [5.41, 5.74) is 1.74. The number of fused-ring (bicyclic) bond motifs is 1. The monoisotopic (exact) mass is 509 g/mol. The van der Waals surface area contributed by atoms with E-state index in [1.165, 1.54) is 28.6 Å². The van der Waals surface area contributed by atoms with E-state index in [1.54, 1.807) is 25.1 Å². The van der Waals surface area contributed by atoms with E-state index >= 15 is 0 Å². The molecule has 11 heteroatoms. The van der Waals surface area contributed by atoms with E-state index in [0.29, 0.717) is 61.2 Å². The third kappa shape index (κ3) is 4.63. The molecule has 1 saturated heterocycles. The Morgan fingerprint density at radius 3 is 2.64 bits per heavy atom. The van der Waals surface area contributed by atoms with Crippen LogP contribution >= 0.6 is 0 Å². The fourth-order valence-corrected chi connectivity index (χ4v) is 5.81. The maximum atomic E-state index is 13.8. The molecule has 1 fully saturated rings. The number of anilines is 1. The zero-order chi connectivity index (χ0) is 25.3. The number of sulfonamides is 1. The molecule has 0 N–H and O–H groups in total. The van der Waals surface area contributed by atoms with Gasteiger partial charge in [-0.3, -0.25) is 0 Å². The second-order valence-electron chi connectivity index (χ2n) is 8.56. The number of rotatable bonds is 5. The average molecular weight is 510 g/mol. The fourth-order valence-electron chi connectivity index (χ4n) is 4.26. The molecular formula is C25H24FN5O4S. The summed E-state index contributed by atoms with van der Waals surface area (Å²) in [6.07, 6.45) is 0.349. The standard InChI is InChI=1S/C25H24FN5O4S/c1-17-14-19(6-7-21(17)26)35-24-20-16-31(36(32,33)23-5-3-2-4-18(23)15-27)9-8-22(20)28-25(29-24)30-10-12-34-13-11-30/h2-7,14H,8-13,16H2,1H3. The lowest BCUT2D eigenvalue weighted by Gasteiger charge is -2.31. The molecule has 0 amide bonds. The van der Waals surface area contributed by atoms with Crippen molar-refractivity contribution >= 4 is 16.0 Å². The van der Waals surface area contributed by atoms with Gasteiger partial charge in [0.1, 0.15) is 17.6 Å². The van der Waals surface area contributed by atoms with Gasteiger partial charge in [-0.2, -0.15) is 14.6 Å². The highest BCUT2D eigenvalue weighted by molar-refractivity contribution is 7.89. The maximum Gasteiger partial charge on any atom is 0.244 e. The van der Waals surface area contributed by atoms with Gasteiger partial charge in [-0.05, 0) is 42.8 Å². The Hall–Kier alpha value is -3.59. The van der Waals surface area contributed by atoms with Crippen LogP contribution in [0, 0.1) is 24.1 Å². The summed E-state index contributed by atoms with van der Waals surface area (Å²) >= 11 is 0. The van der Waals surface area contributed by atoms with Crippen molar-refractivity contribution < 1.29 is 22.3 Å². The summed E-state index contributed by atoms with van der Waals surface area (Å²) in [7, 11) is -3.96. The van der Waals surface area contributed by atoms with Crippen molar-refractivity contribution in [3.05, 3.63) is 70.7 Å². The van der Waals surface area contributed by atoms with Crippen molar-refractivity contribution in [2.24, 2.45) is 0 Å². The van der Waals surface area contributed by atoms with Crippen LogP contribution in [0.5, 0.6) is 11.6 Å². The predicted molar refractivity (Wildman–Crippen MR) is 129 cm³/mol. The Kier molecular flexibility index (Phi) is 6.57. The molecule has 1 aromatic heterocycles. The molecule has 0 spiro atoms. The summed E-state index contributed by atoms with van der Waals surface area (Å²) in [5, 5.41) is 9.43. The van der Waals surface area contributed by atoms with Crippen LogP contribution in [0.2, 0.25) is 0 Å². The molecule has 5 rings (SSSR count). The van der Waals surface area contributed by atoms with Crippen molar-refractivity contribution in [3.8, 4) is 17.7 Å². The first-order valence-corrected chi connectivity index (χ1v) is 13.0. The molecule has 2 aromatic carbocycles. The molecule has 2 aliphatic heterocycles. The number of halogens is 1. The fraction of sp³-hybridized carbons (Fsp3) is 0.320. The van der Waals surface area contributed by atoms with E-state index in [2.05, 4.69) is 4.98 Å². The van der Waals surface area contributed by atoms with Gasteiger partial charge in [0.2, 0.25) is 21.9 Å². The average Bonchev–Trinajstić information content (AvgIpc) is 2.91. The Bertz CT molecular complexity index is 1450. The van der Waals surface area contributed by atoms with Crippen LogP contribution in [-0.2, 0) is 27.7 Å². The predicted octanol–water partition coefficient (Wildman–Crippen LogP) is 3.17. The van der Waals surface area contributed by atoms with Crippen LogP contribution in [-0.4, -0.2) is 55.5 Å². The Morgan fingerprint density at radius 1 is 1.11 bits per heavy atom. The molecule has 0 aliphatic carbocycles. The van der Waals surface area contributed by atoms with Crippen LogP contribution in [0.3, 0.4) is 0 Å². The van der Waals surface area contributed by atoms with E-state index < -0.39 is 10.0 Å². The zero-order valence-corrected chi connectivity index (χ0v) is 20.5. The maximum absolute atomic E-state index is 13.8. The van der Waals surface area contributed by atoms with Crippen molar-refractivity contribution in [1.82, 2.24) is 14.3 Å². The van der Waals surface area contributed by atoms with Crippen LogP contribution in [0.15, 0.2) is 47.4 Å². The van der Waals surface area contributed by atoms with Gasteiger partial charge in [0.15, 0.2) is 0 Å². The van der Waals surface area contributed by atoms with Crippen LogP contribution < -0.4 is 9.64 Å². The molecule has 9 nitrogen and oxygen atoms in total. The topological polar surface area (TPSA) is 109 Å². The number of aryl methyl sites for hydroxylation is 1. The van der Waals surface area contributed by atoms with Gasteiger partial charge in [-0.25, -0.2) is 17.8 Å². The van der Waals surface area contributed by atoms with E-state index in [0.717, 1.165) is 0 Å². The van der Waals surface area contributed by atoms with Crippen LogP contribution in [0.25, 0.3) is 0 Å². The molecule has 0 radical (unpaired) electrons. The van der Waals surface area contributed by atoms with E-state index in [4.69, 9.17) is 14.5 Å². The van der Waals surface area contributed by atoms with Crippen LogP contribution in [0.1, 0.15) is 22.4 Å². The van der Waals surface area contributed by atoms with Crippen molar-refractivity contribution in [2.45, 2.75) is 24.8 Å². The summed E-state index contributed by atoms with van der Waals surface area (Å²) in [4.78, 5) is 11.3. The van der Waals surface area contributed by atoms with E-state index in [-0.39, 0.29) is 35.2 Å². The summed E-state index contributed by atoms with van der Waals surface area (Å²) in [6, 6.07) is 12.5. The molecule has 2 aliphatic rings. The number of hydrogen-bond donors (Lipinski definition) is 0. The quantitative estimate of drug-likeness (QED) is 0.516. The van der Waals surface area contributed by atoms with Gasteiger partial charge < -0.3 is 14.4 Å². The number of nitriles is 1. The van der Waals surface area contributed by atoms with Gasteiger partial charge >= 0.3 is 0 Å². The second-order valence-corrected chi connectivity index (χ2v) is 10.5. The normalized spacial score (nSPS) is 16.3. The number of aromatic nitrogens is 2. The minimum Gasteiger partial charge on any atom is -0.438 e. The largest absolute Gasteiger partial charge is 0.438 e. The van der Waals surface area contributed by atoms with Gasteiger partial charge in [0.25, 0.3) is 0 Å². The molecule has 0 unspecified atom stereocenters. The minimum atomic E-state index is -3.96. The van der Waals surface area contributed by atoms with Gasteiger partial charge in [-0.15, -0.1) is 0 Å². The highest BCUT2D eigenvalue weighted by Gasteiger charge is 2.34. The lowest BCUT2D eigenvalue weighted by molar-refractivity contribution is 0.122. The molecule has 3 heterocycles. The van der Waals surface area contributed by atoms with Crippen LogP contribution in [0.4, 0.5) is 10.3 Å². The number of morpholine rings is 1. The second kappa shape index (κ2) is 9.81. The van der Waals surface area contributed by atoms with E-state index in [1.807, 2.05) is 11.0 Å². The highest BCUT2D eigenvalue weighted by atomic mass is 32.2. The van der Waals surface area contributed by atoms with Crippen molar-refractivity contribution in [1.29, 1.82) is 5.26 Å². The Balaban J connectivity index is 1.54. The lowest BCUT2D eigenvalue weighted by atomic mass is 10.1. The van der Waals surface area contributed by atoms with Gasteiger partial charge in [-0.1, -0.05) is 12.1 Å².